The predicted octanol–water partition coefficient (Wildman–Crippen LogP) is 0.832. The Morgan fingerprint density at radius 3 is 2.69 bits per heavy atom. The van der Waals surface area contributed by atoms with Gasteiger partial charge >= 0.3 is 0 Å². The fraction of sp³-hybridized carbons (Fsp3) is 0.333. The SMILES string of the molecule is Cc1c(F)ccc([C@@H](N)CO)c1O. The van der Waals surface area contributed by atoms with E-state index in [1.807, 2.05) is 0 Å². The van der Waals surface area contributed by atoms with E-state index in [0.29, 0.717) is 5.56 Å². The van der Waals surface area contributed by atoms with Crippen molar-refractivity contribution in [3.63, 3.8) is 0 Å². The van der Waals surface area contributed by atoms with Gasteiger partial charge in [-0.05, 0) is 13.0 Å². The van der Waals surface area contributed by atoms with Crippen molar-refractivity contribution in [3.05, 3.63) is 29.1 Å². The lowest BCUT2D eigenvalue weighted by atomic mass is 10.0. The standard InChI is InChI=1S/C9H12FNO2/c1-5-7(10)3-2-6(9(5)13)8(11)4-12/h2-3,8,12-13H,4,11H2,1H3/t8-/m0/s1. The van der Waals surface area contributed by atoms with Crippen LogP contribution in [0.2, 0.25) is 0 Å². The zero-order chi connectivity index (χ0) is 10.0. The summed E-state index contributed by atoms with van der Waals surface area (Å²) in [5, 5.41) is 18.2. The topological polar surface area (TPSA) is 66.5 Å². The Morgan fingerprint density at radius 2 is 2.15 bits per heavy atom. The lowest BCUT2D eigenvalue weighted by molar-refractivity contribution is 0.265. The van der Waals surface area contributed by atoms with E-state index in [2.05, 4.69) is 0 Å². The molecule has 0 spiro atoms. The van der Waals surface area contributed by atoms with E-state index in [4.69, 9.17) is 10.8 Å². The number of hydrogen-bond donors (Lipinski definition) is 3. The first-order valence-corrected chi connectivity index (χ1v) is 3.92. The van der Waals surface area contributed by atoms with Gasteiger partial charge in [0.1, 0.15) is 11.6 Å². The third-order valence-corrected chi connectivity index (χ3v) is 1.99. The molecule has 0 bridgehead atoms. The number of hydrogen-bond acceptors (Lipinski definition) is 3. The number of benzene rings is 1. The molecule has 13 heavy (non-hydrogen) atoms. The number of aliphatic hydroxyl groups is 1. The normalized spacial score (nSPS) is 12.9. The first-order valence-electron chi connectivity index (χ1n) is 3.92. The fourth-order valence-corrected chi connectivity index (χ4v) is 1.09. The van der Waals surface area contributed by atoms with E-state index < -0.39 is 11.9 Å². The maximum absolute atomic E-state index is 12.9. The number of halogens is 1. The minimum absolute atomic E-state index is 0.154. The fourth-order valence-electron chi connectivity index (χ4n) is 1.09. The summed E-state index contributed by atoms with van der Waals surface area (Å²) in [6.45, 7) is 1.18. The largest absolute Gasteiger partial charge is 0.507 e. The minimum atomic E-state index is -0.667. The zero-order valence-electron chi connectivity index (χ0n) is 7.29. The van der Waals surface area contributed by atoms with Crippen LogP contribution in [0.4, 0.5) is 4.39 Å². The highest BCUT2D eigenvalue weighted by Gasteiger charge is 2.13. The number of aromatic hydroxyl groups is 1. The van der Waals surface area contributed by atoms with Crippen LogP contribution in [0.15, 0.2) is 12.1 Å². The summed E-state index contributed by atoms with van der Waals surface area (Å²) in [4.78, 5) is 0. The van der Waals surface area contributed by atoms with Crippen molar-refractivity contribution in [3.8, 4) is 5.75 Å². The second-order valence-corrected chi connectivity index (χ2v) is 2.90. The predicted molar refractivity (Wildman–Crippen MR) is 46.8 cm³/mol. The van der Waals surface area contributed by atoms with Crippen molar-refractivity contribution < 1.29 is 14.6 Å². The van der Waals surface area contributed by atoms with Gasteiger partial charge in [0.05, 0.1) is 12.6 Å². The summed E-state index contributed by atoms with van der Waals surface area (Å²) in [5.74, 6) is -0.659. The van der Waals surface area contributed by atoms with Gasteiger partial charge in [-0.15, -0.1) is 0 Å². The summed E-state index contributed by atoms with van der Waals surface area (Å²) in [5.41, 5.74) is 6.00. The second-order valence-electron chi connectivity index (χ2n) is 2.90. The molecule has 0 fully saturated rings. The Kier molecular flexibility index (Phi) is 2.85. The molecule has 0 heterocycles. The quantitative estimate of drug-likeness (QED) is 0.639. The molecule has 0 aromatic heterocycles. The van der Waals surface area contributed by atoms with Crippen LogP contribution < -0.4 is 5.73 Å². The molecule has 72 valence electrons. The van der Waals surface area contributed by atoms with Crippen LogP contribution in [-0.4, -0.2) is 16.8 Å². The van der Waals surface area contributed by atoms with Crippen molar-refractivity contribution in [1.82, 2.24) is 0 Å². The van der Waals surface area contributed by atoms with Crippen LogP contribution in [0.1, 0.15) is 17.2 Å². The molecule has 0 saturated carbocycles. The Labute approximate surface area is 75.6 Å². The number of rotatable bonds is 2. The first-order chi connectivity index (χ1) is 6.07. The van der Waals surface area contributed by atoms with Gasteiger partial charge in [-0.1, -0.05) is 6.07 Å². The third-order valence-electron chi connectivity index (χ3n) is 1.99. The van der Waals surface area contributed by atoms with Gasteiger partial charge in [-0.25, -0.2) is 4.39 Å². The Hall–Kier alpha value is -1.13. The van der Waals surface area contributed by atoms with Crippen LogP contribution >= 0.6 is 0 Å². The smallest absolute Gasteiger partial charge is 0.129 e. The summed E-state index contributed by atoms with van der Waals surface area (Å²) in [6.07, 6.45) is 0. The molecule has 1 aromatic rings. The highest BCUT2D eigenvalue weighted by Crippen LogP contribution is 2.27. The van der Waals surface area contributed by atoms with Gasteiger partial charge in [-0.2, -0.15) is 0 Å². The highest BCUT2D eigenvalue weighted by atomic mass is 19.1. The van der Waals surface area contributed by atoms with Crippen LogP contribution in [0, 0.1) is 12.7 Å². The third kappa shape index (κ3) is 1.79. The molecule has 4 heteroatoms. The Morgan fingerprint density at radius 1 is 1.54 bits per heavy atom. The summed E-state index contributed by atoms with van der Waals surface area (Å²) in [6, 6.07) is 1.93. The number of phenols is 1. The molecular weight excluding hydrogens is 173 g/mol. The van der Waals surface area contributed by atoms with E-state index in [1.165, 1.54) is 19.1 Å². The molecule has 0 radical (unpaired) electrons. The average molecular weight is 185 g/mol. The van der Waals surface area contributed by atoms with Crippen LogP contribution in [0.5, 0.6) is 5.75 Å². The van der Waals surface area contributed by atoms with Crippen molar-refractivity contribution >= 4 is 0 Å². The van der Waals surface area contributed by atoms with Crippen molar-refractivity contribution in [2.75, 3.05) is 6.61 Å². The molecule has 0 saturated heterocycles. The average Bonchev–Trinajstić information content (AvgIpc) is 2.13. The monoisotopic (exact) mass is 185 g/mol. The lowest BCUT2D eigenvalue weighted by Crippen LogP contribution is -2.15. The maximum Gasteiger partial charge on any atom is 0.129 e. The van der Waals surface area contributed by atoms with Gasteiger partial charge in [0.2, 0.25) is 0 Å². The second kappa shape index (κ2) is 3.72. The van der Waals surface area contributed by atoms with Gasteiger partial charge in [-0.3, -0.25) is 0 Å². The highest BCUT2D eigenvalue weighted by molar-refractivity contribution is 5.42. The van der Waals surface area contributed by atoms with Crippen molar-refractivity contribution in [2.45, 2.75) is 13.0 Å². The van der Waals surface area contributed by atoms with Gasteiger partial charge in [0, 0.05) is 11.1 Å². The van der Waals surface area contributed by atoms with Gasteiger partial charge in [0.15, 0.2) is 0 Å². The first kappa shape index (κ1) is 9.95. The molecule has 0 aliphatic rings. The van der Waals surface area contributed by atoms with Gasteiger partial charge < -0.3 is 15.9 Å². The van der Waals surface area contributed by atoms with E-state index >= 15 is 0 Å². The van der Waals surface area contributed by atoms with E-state index in [-0.39, 0.29) is 17.9 Å². The maximum atomic E-state index is 12.9. The summed E-state index contributed by atoms with van der Waals surface area (Å²) < 4.78 is 12.9. The molecule has 1 rings (SSSR count). The minimum Gasteiger partial charge on any atom is -0.507 e. The number of nitrogens with two attached hydrogens (primary N) is 1. The molecular formula is C9H12FNO2. The van der Waals surface area contributed by atoms with E-state index in [1.54, 1.807) is 0 Å². The molecule has 0 aliphatic heterocycles. The van der Waals surface area contributed by atoms with Gasteiger partial charge in [0.25, 0.3) is 0 Å². The Balaban J connectivity index is 3.18. The molecule has 1 atom stereocenters. The van der Waals surface area contributed by atoms with E-state index in [9.17, 15) is 9.50 Å². The zero-order valence-corrected chi connectivity index (χ0v) is 7.29. The lowest BCUT2D eigenvalue weighted by Gasteiger charge is -2.12. The number of aliphatic hydroxyl groups excluding tert-OH is 1. The molecule has 0 unspecified atom stereocenters. The van der Waals surface area contributed by atoms with Crippen molar-refractivity contribution in [1.29, 1.82) is 0 Å². The molecule has 0 amide bonds. The summed E-state index contributed by atoms with van der Waals surface area (Å²) >= 11 is 0. The Bertz CT molecular complexity index is 315. The molecule has 0 aliphatic carbocycles. The molecule has 3 nitrogen and oxygen atoms in total. The van der Waals surface area contributed by atoms with Crippen LogP contribution in [0.3, 0.4) is 0 Å². The van der Waals surface area contributed by atoms with Crippen LogP contribution in [0.25, 0.3) is 0 Å². The number of phenolic OH excluding ortho intramolecular Hbond substituents is 1. The molecule has 1 aromatic carbocycles. The van der Waals surface area contributed by atoms with Crippen molar-refractivity contribution in [2.24, 2.45) is 5.73 Å². The van der Waals surface area contributed by atoms with E-state index in [0.717, 1.165) is 0 Å². The van der Waals surface area contributed by atoms with Crippen LogP contribution in [-0.2, 0) is 0 Å². The molecule has 4 N–H and O–H groups in total. The summed E-state index contributed by atoms with van der Waals surface area (Å²) in [7, 11) is 0.